The molecule has 1 heterocycles. The molecular weight excluding hydrogens is 411 g/mol. The van der Waals surface area contributed by atoms with Crippen LogP contribution in [0.3, 0.4) is 0 Å². The van der Waals surface area contributed by atoms with E-state index in [1.165, 1.54) is 19.1 Å². The van der Waals surface area contributed by atoms with Crippen LogP contribution in [-0.4, -0.2) is 29.1 Å². The minimum absolute atomic E-state index is 0.0132. The minimum Gasteiger partial charge on any atom is -0.435 e. The van der Waals surface area contributed by atoms with Crippen molar-refractivity contribution in [1.29, 1.82) is 0 Å². The number of carbonyl (C=O) groups excluding carboxylic acids is 2. The zero-order chi connectivity index (χ0) is 22.0. The predicted octanol–water partition coefficient (Wildman–Crippen LogP) is 3.28. The van der Waals surface area contributed by atoms with Gasteiger partial charge < -0.3 is 9.47 Å². The van der Waals surface area contributed by atoms with Crippen LogP contribution in [0.5, 0.6) is 11.5 Å². The number of esters is 1. The summed E-state index contributed by atoms with van der Waals surface area (Å²) in [6, 6.07) is 7.27. The molecule has 30 heavy (non-hydrogen) atoms. The van der Waals surface area contributed by atoms with E-state index in [-0.39, 0.29) is 22.8 Å². The first-order valence-corrected chi connectivity index (χ1v) is 8.27. The Labute approximate surface area is 166 Å². The number of ether oxygens (including phenoxy) is 2. The van der Waals surface area contributed by atoms with Crippen molar-refractivity contribution in [2.24, 2.45) is 11.0 Å². The van der Waals surface area contributed by atoms with Gasteiger partial charge in [0.2, 0.25) is 0 Å². The maximum Gasteiger partial charge on any atom is 0.387 e. The number of carbonyl (C=O) groups is 2. The Kier molecular flexibility index (Phi) is 5.67. The van der Waals surface area contributed by atoms with Crippen LogP contribution >= 0.6 is 0 Å². The van der Waals surface area contributed by atoms with Gasteiger partial charge in [-0.2, -0.15) is 18.9 Å². The van der Waals surface area contributed by atoms with Crippen LogP contribution in [0.2, 0.25) is 0 Å². The number of nitrogens with zero attached hydrogens (tertiary/aromatic N) is 3. The number of hydrazone groups is 1. The molecular formula is C18H12F3N3O6. The Hall–Kier alpha value is -3.96. The second-order valence-electron chi connectivity index (χ2n) is 5.99. The summed E-state index contributed by atoms with van der Waals surface area (Å²) in [5, 5.41) is 15.1. The van der Waals surface area contributed by atoms with Gasteiger partial charge >= 0.3 is 12.6 Å². The van der Waals surface area contributed by atoms with Crippen molar-refractivity contribution in [3.63, 3.8) is 0 Å². The third-order valence-corrected chi connectivity index (χ3v) is 4.01. The van der Waals surface area contributed by atoms with E-state index in [1.54, 1.807) is 0 Å². The van der Waals surface area contributed by atoms with Crippen molar-refractivity contribution < 1.29 is 37.2 Å². The summed E-state index contributed by atoms with van der Waals surface area (Å²) in [7, 11) is 0. The fraction of sp³-hybridized carbons (Fsp3) is 0.167. The molecule has 0 spiro atoms. The molecule has 12 heteroatoms. The summed E-state index contributed by atoms with van der Waals surface area (Å²) in [5.74, 6) is -4.97. The summed E-state index contributed by atoms with van der Waals surface area (Å²) < 4.78 is 47.9. The van der Waals surface area contributed by atoms with Gasteiger partial charge in [-0.1, -0.05) is 0 Å². The fourth-order valence-corrected chi connectivity index (χ4v) is 2.66. The highest BCUT2D eigenvalue weighted by atomic mass is 19.3. The molecule has 0 aromatic heterocycles. The highest BCUT2D eigenvalue weighted by Gasteiger charge is 2.42. The van der Waals surface area contributed by atoms with E-state index in [1.807, 2.05) is 0 Å². The lowest BCUT2D eigenvalue weighted by Crippen LogP contribution is -2.35. The van der Waals surface area contributed by atoms with E-state index in [0.29, 0.717) is 11.1 Å². The molecule has 2 aromatic carbocycles. The molecule has 0 bridgehead atoms. The Morgan fingerprint density at radius 2 is 1.83 bits per heavy atom. The number of amides is 1. The standard InChI is InChI=1S/C18H12F3N3O6/c1-9-15(17(26)29-11-4-2-10(3-5-11)24(27)28)16(25)23(22-9)14-7-6-12(8-13(14)19)30-18(20)21/h2-8,15,18H,1H3. The third kappa shape index (κ3) is 4.21. The number of rotatable bonds is 6. The molecule has 0 radical (unpaired) electrons. The van der Waals surface area contributed by atoms with Crippen molar-refractivity contribution in [1.82, 2.24) is 0 Å². The molecule has 0 N–H and O–H groups in total. The molecule has 156 valence electrons. The van der Waals surface area contributed by atoms with Gasteiger partial charge in [0.05, 0.1) is 10.6 Å². The first-order chi connectivity index (χ1) is 14.2. The molecule has 0 saturated heterocycles. The van der Waals surface area contributed by atoms with Crippen LogP contribution in [0.1, 0.15) is 6.92 Å². The normalized spacial score (nSPS) is 15.9. The Morgan fingerprint density at radius 3 is 2.40 bits per heavy atom. The highest BCUT2D eigenvalue weighted by molar-refractivity contribution is 6.25. The summed E-state index contributed by atoms with van der Waals surface area (Å²) >= 11 is 0. The second kappa shape index (κ2) is 8.19. The van der Waals surface area contributed by atoms with E-state index < -0.39 is 40.9 Å². The van der Waals surface area contributed by atoms with Crippen molar-refractivity contribution in [3.8, 4) is 11.5 Å². The van der Waals surface area contributed by atoms with Gasteiger partial charge in [0.15, 0.2) is 11.7 Å². The van der Waals surface area contributed by atoms with Crippen molar-refractivity contribution in [2.45, 2.75) is 13.5 Å². The molecule has 0 saturated carbocycles. The number of alkyl halides is 2. The summed E-state index contributed by atoms with van der Waals surface area (Å²) in [5.41, 5.74) is -0.573. The summed E-state index contributed by atoms with van der Waals surface area (Å²) in [6.07, 6.45) is 0. The van der Waals surface area contributed by atoms with Gasteiger partial charge in [-0.3, -0.25) is 19.7 Å². The largest absolute Gasteiger partial charge is 0.435 e. The first-order valence-electron chi connectivity index (χ1n) is 8.27. The highest BCUT2D eigenvalue weighted by Crippen LogP contribution is 2.30. The number of hydrogen-bond donors (Lipinski definition) is 0. The SMILES string of the molecule is CC1=NN(c2ccc(OC(F)F)cc2F)C(=O)C1C(=O)Oc1ccc([N+](=O)[O-])cc1. The molecule has 3 rings (SSSR count). The monoisotopic (exact) mass is 423 g/mol. The van der Waals surface area contributed by atoms with E-state index in [9.17, 15) is 32.9 Å². The van der Waals surface area contributed by atoms with Crippen LogP contribution in [0.4, 0.5) is 24.5 Å². The van der Waals surface area contributed by atoms with Gasteiger partial charge in [-0.15, -0.1) is 0 Å². The number of non-ortho nitro benzene ring substituents is 1. The number of nitro groups is 1. The van der Waals surface area contributed by atoms with Crippen molar-refractivity contribution in [2.75, 3.05) is 5.01 Å². The lowest BCUT2D eigenvalue weighted by Gasteiger charge is -2.15. The number of hydrogen-bond acceptors (Lipinski definition) is 7. The Balaban J connectivity index is 1.76. The van der Waals surface area contributed by atoms with Gasteiger partial charge in [-0.25, -0.2) is 4.39 Å². The molecule has 9 nitrogen and oxygen atoms in total. The molecule has 2 aromatic rings. The van der Waals surface area contributed by atoms with Crippen LogP contribution < -0.4 is 14.5 Å². The van der Waals surface area contributed by atoms with Crippen LogP contribution in [-0.2, 0) is 9.59 Å². The molecule has 1 unspecified atom stereocenters. The Morgan fingerprint density at radius 1 is 1.20 bits per heavy atom. The second-order valence-corrected chi connectivity index (χ2v) is 5.99. The van der Waals surface area contributed by atoms with Gasteiger partial charge in [0, 0.05) is 18.2 Å². The predicted molar refractivity (Wildman–Crippen MR) is 95.8 cm³/mol. The number of anilines is 1. The topological polar surface area (TPSA) is 111 Å². The average Bonchev–Trinajstić information content (AvgIpc) is 2.96. The summed E-state index contributed by atoms with van der Waals surface area (Å²) in [4.78, 5) is 35.0. The molecule has 1 amide bonds. The van der Waals surface area contributed by atoms with Gasteiger partial charge in [0.25, 0.3) is 11.6 Å². The number of halogens is 3. The Bertz CT molecular complexity index is 1040. The van der Waals surface area contributed by atoms with E-state index in [2.05, 4.69) is 9.84 Å². The van der Waals surface area contributed by atoms with Crippen LogP contribution in [0, 0.1) is 21.8 Å². The molecule has 1 atom stereocenters. The zero-order valence-corrected chi connectivity index (χ0v) is 15.1. The lowest BCUT2D eigenvalue weighted by atomic mass is 10.1. The van der Waals surface area contributed by atoms with Gasteiger partial charge in [0.1, 0.15) is 17.2 Å². The quantitative estimate of drug-likeness (QED) is 0.232. The van der Waals surface area contributed by atoms with Crippen LogP contribution in [0.25, 0.3) is 0 Å². The number of benzene rings is 2. The summed E-state index contributed by atoms with van der Waals surface area (Å²) in [6.45, 7) is -1.80. The first kappa shape index (κ1) is 20.8. The molecule has 0 fully saturated rings. The number of nitro benzene ring substituents is 1. The average molecular weight is 423 g/mol. The van der Waals surface area contributed by atoms with E-state index >= 15 is 0 Å². The molecule has 1 aliphatic heterocycles. The van der Waals surface area contributed by atoms with E-state index in [4.69, 9.17) is 4.74 Å². The zero-order valence-electron chi connectivity index (χ0n) is 15.1. The smallest absolute Gasteiger partial charge is 0.387 e. The lowest BCUT2D eigenvalue weighted by molar-refractivity contribution is -0.384. The maximum absolute atomic E-state index is 14.3. The van der Waals surface area contributed by atoms with Gasteiger partial charge in [-0.05, 0) is 31.2 Å². The minimum atomic E-state index is -3.15. The van der Waals surface area contributed by atoms with Crippen molar-refractivity contribution in [3.05, 3.63) is 58.4 Å². The third-order valence-electron chi connectivity index (χ3n) is 4.01. The maximum atomic E-state index is 14.3. The molecule has 1 aliphatic rings. The van der Waals surface area contributed by atoms with Crippen molar-refractivity contribution >= 4 is 29.0 Å². The fourth-order valence-electron chi connectivity index (χ4n) is 2.66. The molecule has 0 aliphatic carbocycles. The van der Waals surface area contributed by atoms with Crippen LogP contribution in [0.15, 0.2) is 47.6 Å². The van der Waals surface area contributed by atoms with E-state index in [0.717, 1.165) is 24.3 Å².